The third-order valence-electron chi connectivity index (χ3n) is 6.17. The number of benzene rings is 2. The van der Waals surface area contributed by atoms with Gasteiger partial charge in [-0.25, -0.2) is 0 Å². The van der Waals surface area contributed by atoms with Crippen molar-refractivity contribution in [3.63, 3.8) is 0 Å². The highest BCUT2D eigenvalue weighted by Gasteiger charge is 2.24. The number of nitrogens with zero attached hydrogens (tertiary/aromatic N) is 3. The van der Waals surface area contributed by atoms with E-state index in [1.54, 1.807) is 6.07 Å². The van der Waals surface area contributed by atoms with Crippen LogP contribution in [0.15, 0.2) is 24.3 Å². The van der Waals surface area contributed by atoms with Crippen molar-refractivity contribution >= 4 is 28.6 Å². The normalized spacial score (nSPS) is 11.9. The van der Waals surface area contributed by atoms with Crippen molar-refractivity contribution in [1.82, 2.24) is 15.0 Å². The number of hydrogen-bond acceptors (Lipinski definition) is 4. The standard InChI is InChI=1S/C27H36ClN3O3/c1-5-6-7-8-9-10-11-19-13-14-21-25(24(19)28)30-31(29-21)22-17-18(12-15-23(32)33)16-20(26(22)34)27(2,3)4/h13-14,16-17,34H,5-12,15H2,1-4H3,(H,32,33). The van der Waals surface area contributed by atoms with Crippen molar-refractivity contribution in [1.29, 1.82) is 0 Å². The number of carbonyl (C=O) groups is 1. The van der Waals surface area contributed by atoms with E-state index in [9.17, 15) is 9.90 Å². The molecule has 0 fully saturated rings. The van der Waals surface area contributed by atoms with Crippen LogP contribution in [0.4, 0.5) is 0 Å². The monoisotopic (exact) mass is 485 g/mol. The molecule has 0 aliphatic rings. The van der Waals surface area contributed by atoms with Crippen molar-refractivity contribution in [2.45, 2.75) is 90.9 Å². The molecule has 0 aliphatic carbocycles. The number of aliphatic carboxylic acids is 1. The number of fused-ring (bicyclic) bond motifs is 1. The number of phenolic OH excluding ortho intramolecular Hbond substituents is 1. The molecule has 1 heterocycles. The Bertz CT molecular complexity index is 1150. The Labute approximate surface area is 206 Å². The van der Waals surface area contributed by atoms with Crippen LogP contribution in [0.5, 0.6) is 5.75 Å². The van der Waals surface area contributed by atoms with Crippen LogP contribution in [0.25, 0.3) is 16.7 Å². The predicted octanol–water partition coefficient (Wildman–Crippen LogP) is 7.00. The number of carboxylic acids is 1. The fourth-order valence-electron chi connectivity index (χ4n) is 4.18. The molecule has 184 valence electrons. The zero-order valence-electron chi connectivity index (χ0n) is 20.7. The lowest BCUT2D eigenvalue weighted by atomic mass is 9.84. The molecule has 3 rings (SSSR count). The Hall–Kier alpha value is -2.60. The molecule has 0 aliphatic heterocycles. The van der Waals surface area contributed by atoms with Crippen LogP contribution in [0.1, 0.15) is 89.3 Å². The number of unbranched alkanes of at least 4 members (excludes halogenated alkanes) is 5. The van der Waals surface area contributed by atoms with E-state index in [4.69, 9.17) is 16.7 Å². The van der Waals surface area contributed by atoms with E-state index in [2.05, 4.69) is 17.1 Å². The van der Waals surface area contributed by atoms with Crippen molar-refractivity contribution in [3.05, 3.63) is 46.0 Å². The molecule has 34 heavy (non-hydrogen) atoms. The van der Waals surface area contributed by atoms with Gasteiger partial charge in [-0.3, -0.25) is 4.79 Å². The van der Waals surface area contributed by atoms with E-state index in [0.29, 0.717) is 28.2 Å². The predicted molar refractivity (Wildman–Crippen MR) is 137 cm³/mol. The first kappa shape index (κ1) is 26.0. The summed E-state index contributed by atoms with van der Waals surface area (Å²) in [5, 5.41) is 30.0. The zero-order valence-corrected chi connectivity index (χ0v) is 21.5. The minimum absolute atomic E-state index is 0.00986. The number of aryl methyl sites for hydroxylation is 2. The highest BCUT2D eigenvalue weighted by Crippen LogP contribution is 2.37. The molecule has 1 aromatic heterocycles. The molecule has 0 saturated carbocycles. The fraction of sp³-hybridized carbons (Fsp3) is 0.519. The maximum absolute atomic E-state index is 11.1. The first-order chi connectivity index (χ1) is 16.1. The lowest BCUT2D eigenvalue weighted by Crippen LogP contribution is -2.14. The molecule has 0 bridgehead atoms. The van der Waals surface area contributed by atoms with Gasteiger partial charge in [0.25, 0.3) is 0 Å². The van der Waals surface area contributed by atoms with Crippen LogP contribution in [-0.4, -0.2) is 31.2 Å². The highest BCUT2D eigenvalue weighted by molar-refractivity contribution is 6.35. The van der Waals surface area contributed by atoms with E-state index in [1.807, 2.05) is 39.0 Å². The molecular formula is C27H36ClN3O3. The second-order valence-electron chi connectivity index (χ2n) is 10.1. The number of hydrogen-bond donors (Lipinski definition) is 2. The van der Waals surface area contributed by atoms with E-state index in [0.717, 1.165) is 29.5 Å². The van der Waals surface area contributed by atoms with Crippen LogP contribution in [0.3, 0.4) is 0 Å². The van der Waals surface area contributed by atoms with Gasteiger partial charge in [0, 0.05) is 12.0 Å². The van der Waals surface area contributed by atoms with Gasteiger partial charge in [-0.15, -0.1) is 15.0 Å². The smallest absolute Gasteiger partial charge is 0.303 e. The largest absolute Gasteiger partial charge is 0.505 e. The third kappa shape index (κ3) is 6.29. The average Bonchev–Trinajstić information content (AvgIpc) is 3.21. The fourth-order valence-corrected chi connectivity index (χ4v) is 4.48. The lowest BCUT2D eigenvalue weighted by Gasteiger charge is -2.23. The molecular weight excluding hydrogens is 450 g/mol. The topological polar surface area (TPSA) is 88.2 Å². The Morgan fingerprint density at radius 3 is 2.41 bits per heavy atom. The van der Waals surface area contributed by atoms with Gasteiger partial charge in [0.2, 0.25) is 0 Å². The van der Waals surface area contributed by atoms with Crippen LogP contribution in [0.2, 0.25) is 5.02 Å². The van der Waals surface area contributed by atoms with E-state index >= 15 is 0 Å². The number of carboxylic acid groups (broad SMARTS) is 1. The molecule has 0 unspecified atom stereocenters. The molecule has 2 N–H and O–H groups in total. The quantitative estimate of drug-likeness (QED) is 0.285. The van der Waals surface area contributed by atoms with Gasteiger partial charge in [-0.05, 0) is 47.9 Å². The summed E-state index contributed by atoms with van der Waals surface area (Å²) >= 11 is 6.72. The molecule has 0 amide bonds. The number of aromatic hydroxyl groups is 1. The van der Waals surface area contributed by atoms with Gasteiger partial charge in [0.15, 0.2) is 0 Å². The Balaban J connectivity index is 1.93. The minimum atomic E-state index is -0.862. The summed E-state index contributed by atoms with van der Waals surface area (Å²) in [6, 6.07) is 7.57. The maximum Gasteiger partial charge on any atom is 0.303 e. The van der Waals surface area contributed by atoms with E-state index in [1.165, 1.54) is 36.9 Å². The summed E-state index contributed by atoms with van der Waals surface area (Å²) in [7, 11) is 0. The summed E-state index contributed by atoms with van der Waals surface area (Å²) in [6.45, 7) is 8.24. The molecule has 6 nitrogen and oxygen atoms in total. The molecule has 0 atom stereocenters. The van der Waals surface area contributed by atoms with Crippen molar-refractivity contribution in [2.24, 2.45) is 0 Å². The molecule has 3 aromatic rings. The maximum atomic E-state index is 11.1. The second-order valence-corrected chi connectivity index (χ2v) is 10.4. The Morgan fingerprint density at radius 1 is 1.03 bits per heavy atom. The van der Waals surface area contributed by atoms with Crippen LogP contribution in [0, 0.1) is 0 Å². The van der Waals surface area contributed by atoms with Gasteiger partial charge < -0.3 is 10.2 Å². The van der Waals surface area contributed by atoms with E-state index in [-0.39, 0.29) is 17.6 Å². The average molecular weight is 486 g/mol. The molecule has 0 radical (unpaired) electrons. The van der Waals surface area contributed by atoms with Crippen LogP contribution >= 0.6 is 11.6 Å². The Morgan fingerprint density at radius 2 is 1.74 bits per heavy atom. The molecule has 0 spiro atoms. The minimum Gasteiger partial charge on any atom is -0.505 e. The van der Waals surface area contributed by atoms with Gasteiger partial charge in [-0.2, -0.15) is 0 Å². The van der Waals surface area contributed by atoms with Gasteiger partial charge in [0.1, 0.15) is 22.5 Å². The van der Waals surface area contributed by atoms with E-state index < -0.39 is 5.97 Å². The number of halogens is 1. The molecule has 7 heteroatoms. The van der Waals surface area contributed by atoms with Crippen LogP contribution < -0.4 is 0 Å². The zero-order chi connectivity index (χ0) is 24.9. The van der Waals surface area contributed by atoms with Gasteiger partial charge in [0.05, 0.1) is 5.02 Å². The van der Waals surface area contributed by atoms with Crippen LogP contribution in [-0.2, 0) is 23.1 Å². The van der Waals surface area contributed by atoms with Crippen molar-refractivity contribution in [3.8, 4) is 11.4 Å². The lowest BCUT2D eigenvalue weighted by molar-refractivity contribution is -0.136. The highest BCUT2D eigenvalue weighted by atomic mass is 35.5. The summed E-state index contributed by atoms with van der Waals surface area (Å²) in [6.07, 6.45) is 8.60. The summed E-state index contributed by atoms with van der Waals surface area (Å²) in [5.74, 6) is -0.769. The van der Waals surface area contributed by atoms with Crippen molar-refractivity contribution in [2.75, 3.05) is 0 Å². The first-order valence-corrected chi connectivity index (χ1v) is 12.6. The number of rotatable bonds is 11. The first-order valence-electron chi connectivity index (χ1n) is 12.2. The Kier molecular flexibility index (Phi) is 8.58. The van der Waals surface area contributed by atoms with Gasteiger partial charge >= 0.3 is 5.97 Å². The molecule has 2 aromatic carbocycles. The summed E-state index contributed by atoms with van der Waals surface area (Å²) in [5.41, 5.74) is 3.95. The SMILES string of the molecule is CCCCCCCCc1ccc2nn(-c3cc(CCC(=O)O)cc(C(C)(C)C)c3O)nc2c1Cl. The molecule has 0 saturated heterocycles. The van der Waals surface area contributed by atoms with Crippen molar-refractivity contribution < 1.29 is 15.0 Å². The second kappa shape index (κ2) is 11.2. The summed E-state index contributed by atoms with van der Waals surface area (Å²) < 4.78 is 0. The third-order valence-corrected chi connectivity index (χ3v) is 6.59. The van der Waals surface area contributed by atoms with Gasteiger partial charge in [-0.1, -0.05) is 83.5 Å². The summed E-state index contributed by atoms with van der Waals surface area (Å²) in [4.78, 5) is 12.5. The number of aromatic nitrogens is 3. The number of phenols is 1.